The van der Waals surface area contributed by atoms with Gasteiger partial charge in [-0.05, 0) is 67.3 Å². The van der Waals surface area contributed by atoms with Gasteiger partial charge in [0.15, 0.2) is 0 Å². The average Bonchev–Trinajstić information content (AvgIpc) is 3.12. The number of carbonyl (C=O) groups is 1. The van der Waals surface area contributed by atoms with E-state index in [0.29, 0.717) is 29.3 Å². The quantitative estimate of drug-likeness (QED) is 0.778. The zero-order valence-corrected chi connectivity index (χ0v) is 17.2. The van der Waals surface area contributed by atoms with Crippen LogP contribution in [0.1, 0.15) is 37.7 Å². The number of aliphatic hydroxyl groups is 1. The van der Waals surface area contributed by atoms with Crippen LogP contribution in [0.5, 0.6) is 0 Å². The Morgan fingerprint density at radius 1 is 1.18 bits per heavy atom. The number of amides is 1. The number of aliphatic hydroxyl groups excluding tert-OH is 1. The van der Waals surface area contributed by atoms with E-state index in [9.17, 15) is 9.90 Å². The summed E-state index contributed by atoms with van der Waals surface area (Å²) in [6.45, 7) is 0.841. The Kier molecular flexibility index (Phi) is 5.91. The van der Waals surface area contributed by atoms with E-state index in [4.69, 9.17) is 23.2 Å². The molecule has 148 valence electrons. The first-order chi connectivity index (χ1) is 13.5. The number of pyridine rings is 1. The molecule has 3 atom stereocenters. The minimum atomic E-state index is -0.390. The van der Waals surface area contributed by atoms with Crippen molar-refractivity contribution >= 4 is 29.1 Å². The van der Waals surface area contributed by atoms with Crippen LogP contribution in [0.4, 0.5) is 0 Å². The molecule has 1 saturated carbocycles. The summed E-state index contributed by atoms with van der Waals surface area (Å²) in [5.41, 5.74) is 2.76. The van der Waals surface area contributed by atoms with Gasteiger partial charge in [0.2, 0.25) is 5.91 Å². The molecule has 1 aliphatic carbocycles. The van der Waals surface area contributed by atoms with Crippen LogP contribution in [0.2, 0.25) is 10.0 Å². The number of hydrogen-bond acceptors (Lipinski definition) is 3. The summed E-state index contributed by atoms with van der Waals surface area (Å²) < 4.78 is 0. The molecule has 0 spiro atoms. The van der Waals surface area contributed by atoms with Gasteiger partial charge in [-0.15, -0.1) is 0 Å². The van der Waals surface area contributed by atoms with Crippen LogP contribution in [-0.4, -0.2) is 39.6 Å². The molecule has 6 heteroatoms. The second-order valence-corrected chi connectivity index (χ2v) is 8.66. The van der Waals surface area contributed by atoms with E-state index >= 15 is 0 Å². The Bertz CT molecular complexity index is 836. The lowest BCUT2D eigenvalue weighted by Gasteiger charge is -2.38. The maximum absolute atomic E-state index is 12.1. The van der Waals surface area contributed by atoms with Crippen molar-refractivity contribution in [2.24, 2.45) is 5.92 Å². The van der Waals surface area contributed by atoms with Crippen LogP contribution in [0, 0.1) is 5.92 Å². The smallest absolute Gasteiger partial charge is 0.222 e. The minimum absolute atomic E-state index is 0.0476. The summed E-state index contributed by atoms with van der Waals surface area (Å²) in [4.78, 5) is 18.3. The fourth-order valence-electron chi connectivity index (χ4n) is 4.54. The fourth-order valence-corrected chi connectivity index (χ4v) is 5.18. The SMILES string of the molecule is O=C1CCCN1C1CCC(O)C(Cc2c(Cl)cc(-c3cccnc3)cc2Cl)C1. The Labute approximate surface area is 175 Å². The van der Waals surface area contributed by atoms with Crippen LogP contribution in [0.3, 0.4) is 0 Å². The number of nitrogens with zero attached hydrogens (tertiary/aromatic N) is 2. The molecule has 1 aliphatic heterocycles. The first-order valence-electron chi connectivity index (χ1n) is 9.89. The van der Waals surface area contributed by atoms with Crippen LogP contribution >= 0.6 is 23.2 Å². The van der Waals surface area contributed by atoms with Gasteiger partial charge in [0.1, 0.15) is 0 Å². The van der Waals surface area contributed by atoms with Crippen LogP contribution < -0.4 is 0 Å². The van der Waals surface area contributed by atoms with Crippen molar-refractivity contribution in [2.45, 2.75) is 50.7 Å². The molecular formula is C22H24Cl2N2O2. The van der Waals surface area contributed by atoms with Crippen LogP contribution in [0.25, 0.3) is 11.1 Å². The number of benzene rings is 1. The number of carbonyl (C=O) groups excluding carboxylic acids is 1. The van der Waals surface area contributed by atoms with E-state index in [1.165, 1.54) is 0 Å². The number of rotatable bonds is 4. The minimum Gasteiger partial charge on any atom is -0.393 e. The number of aromatic nitrogens is 1. The molecule has 3 unspecified atom stereocenters. The van der Waals surface area contributed by atoms with Gasteiger partial charge in [-0.25, -0.2) is 0 Å². The molecule has 1 saturated heterocycles. The zero-order chi connectivity index (χ0) is 19.7. The summed E-state index contributed by atoms with van der Waals surface area (Å²) >= 11 is 13.2. The van der Waals surface area contributed by atoms with E-state index in [0.717, 1.165) is 42.5 Å². The molecule has 4 nitrogen and oxygen atoms in total. The second-order valence-electron chi connectivity index (χ2n) is 7.85. The first-order valence-corrected chi connectivity index (χ1v) is 10.6. The molecule has 28 heavy (non-hydrogen) atoms. The van der Waals surface area contributed by atoms with Crippen molar-refractivity contribution in [3.8, 4) is 11.1 Å². The molecule has 2 aromatic rings. The summed E-state index contributed by atoms with van der Waals surface area (Å²) in [6.07, 6.45) is 7.70. The van der Waals surface area contributed by atoms with Crippen molar-refractivity contribution < 1.29 is 9.90 Å². The van der Waals surface area contributed by atoms with Crippen molar-refractivity contribution in [3.63, 3.8) is 0 Å². The normalized spacial score (nSPS) is 25.3. The number of hydrogen-bond donors (Lipinski definition) is 1. The van der Waals surface area contributed by atoms with Crippen molar-refractivity contribution in [1.29, 1.82) is 0 Å². The molecule has 0 bridgehead atoms. The lowest BCUT2D eigenvalue weighted by molar-refractivity contribution is -0.131. The monoisotopic (exact) mass is 418 g/mol. The first kappa shape index (κ1) is 19.7. The zero-order valence-electron chi connectivity index (χ0n) is 15.7. The van der Waals surface area contributed by atoms with Gasteiger partial charge in [-0.3, -0.25) is 9.78 Å². The highest BCUT2D eigenvalue weighted by molar-refractivity contribution is 6.36. The lowest BCUT2D eigenvalue weighted by atomic mass is 9.79. The molecule has 2 aliphatic rings. The maximum atomic E-state index is 12.1. The molecule has 2 heterocycles. The molecule has 1 amide bonds. The largest absolute Gasteiger partial charge is 0.393 e. The lowest BCUT2D eigenvalue weighted by Crippen LogP contribution is -2.43. The molecule has 2 fully saturated rings. The van der Waals surface area contributed by atoms with E-state index < -0.39 is 0 Å². The Hall–Kier alpha value is -1.62. The third-order valence-corrected chi connectivity index (χ3v) is 6.74. The van der Waals surface area contributed by atoms with Gasteiger partial charge in [-0.1, -0.05) is 29.3 Å². The number of halogens is 2. The van der Waals surface area contributed by atoms with Gasteiger partial charge in [0.25, 0.3) is 0 Å². The van der Waals surface area contributed by atoms with Gasteiger partial charge in [0, 0.05) is 47.0 Å². The molecule has 4 rings (SSSR count). The van der Waals surface area contributed by atoms with Gasteiger partial charge in [-0.2, -0.15) is 0 Å². The van der Waals surface area contributed by atoms with Gasteiger partial charge < -0.3 is 10.0 Å². The molecule has 1 aromatic heterocycles. The Morgan fingerprint density at radius 3 is 2.61 bits per heavy atom. The predicted octanol–water partition coefficient (Wildman–Crippen LogP) is 4.75. The van der Waals surface area contributed by atoms with Crippen molar-refractivity contribution in [2.75, 3.05) is 6.54 Å². The van der Waals surface area contributed by atoms with Gasteiger partial charge in [0.05, 0.1) is 6.10 Å². The topological polar surface area (TPSA) is 53.4 Å². The average molecular weight is 419 g/mol. The van der Waals surface area contributed by atoms with E-state index in [1.54, 1.807) is 12.4 Å². The fraction of sp³-hybridized carbons (Fsp3) is 0.455. The molecular weight excluding hydrogens is 395 g/mol. The summed E-state index contributed by atoms with van der Waals surface area (Å²) in [5.74, 6) is 0.295. The Balaban J connectivity index is 1.53. The van der Waals surface area contributed by atoms with Crippen LogP contribution in [-0.2, 0) is 11.2 Å². The maximum Gasteiger partial charge on any atom is 0.222 e. The van der Waals surface area contributed by atoms with E-state index in [-0.39, 0.29) is 24.0 Å². The second kappa shape index (κ2) is 8.40. The third-order valence-electron chi connectivity index (χ3n) is 6.07. The third kappa shape index (κ3) is 4.05. The van der Waals surface area contributed by atoms with Gasteiger partial charge >= 0.3 is 0 Å². The van der Waals surface area contributed by atoms with Crippen LogP contribution in [0.15, 0.2) is 36.7 Å². The number of likely N-dealkylation sites (tertiary alicyclic amines) is 1. The summed E-state index contributed by atoms with van der Waals surface area (Å²) in [7, 11) is 0. The highest BCUT2D eigenvalue weighted by Crippen LogP contribution is 2.37. The van der Waals surface area contributed by atoms with Crippen molar-refractivity contribution in [1.82, 2.24) is 9.88 Å². The van der Waals surface area contributed by atoms with E-state index in [2.05, 4.69) is 4.98 Å². The Morgan fingerprint density at radius 2 is 1.96 bits per heavy atom. The highest BCUT2D eigenvalue weighted by Gasteiger charge is 2.36. The van der Waals surface area contributed by atoms with Crippen molar-refractivity contribution in [3.05, 3.63) is 52.3 Å². The van der Waals surface area contributed by atoms with E-state index in [1.807, 2.05) is 29.2 Å². The summed E-state index contributed by atoms with van der Waals surface area (Å²) in [5, 5.41) is 11.8. The highest BCUT2D eigenvalue weighted by atomic mass is 35.5. The predicted molar refractivity (Wildman–Crippen MR) is 111 cm³/mol. The molecule has 0 radical (unpaired) electrons. The standard InChI is InChI=1S/C22H24Cl2N2O2/c23-19-11-15(14-3-1-7-25-13-14)12-20(24)18(19)10-16-9-17(5-6-21(16)27)26-8-2-4-22(26)28/h1,3,7,11-13,16-17,21,27H,2,4-6,8-10H2. The molecule has 1 N–H and O–H groups in total. The molecule has 1 aromatic carbocycles. The summed E-state index contributed by atoms with van der Waals surface area (Å²) in [6, 6.07) is 7.89.